The first-order chi connectivity index (χ1) is 11.3. The number of hydrogen-bond acceptors (Lipinski definition) is 5. The second-order valence-corrected chi connectivity index (χ2v) is 5.76. The van der Waals surface area contributed by atoms with Crippen LogP contribution in [-0.4, -0.2) is 53.8 Å². The van der Waals surface area contributed by atoms with Crippen LogP contribution in [0.1, 0.15) is 13.8 Å². The first kappa shape index (κ1) is 17.5. The van der Waals surface area contributed by atoms with Crippen molar-refractivity contribution in [3.8, 4) is 5.75 Å². The Balaban J connectivity index is 2.04. The van der Waals surface area contributed by atoms with Gasteiger partial charge >= 0.3 is 17.8 Å². The first-order valence-electron chi connectivity index (χ1n) is 7.44. The zero-order chi connectivity index (χ0) is 17.9. The van der Waals surface area contributed by atoms with Crippen molar-refractivity contribution < 1.29 is 23.9 Å². The number of urea groups is 1. The molecule has 128 valence electrons. The van der Waals surface area contributed by atoms with Crippen LogP contribution in [-0.2, 0) is 14.4 Å². The minimum atomic E-state index is -0.985. The van der Waals surface area contributed by atoms with E-state index in [0.29, 0.717) is 16.3 Å². The molecule has 1 aliphatic heterocycles. The van der Waals surface area contributed by atoms with Crippen molar-refractivity contribution in [1.82, 2.24) is 9.80 Å². The molecule has 1 heterocycles. The van der Waals surface area contributed by atoms with Gasteiger partial charge in [0.15, 0.2) is 0 Å². The molecule has 8 nitrogen and oxygen atoms in total. The van der Waals surface area contributed by atoms with E-state index in [2.05, 4.69) is 5.32 Å². The SMILES string of the molecule is COc1cccc(NC(=O)CN2C(=O)C(=O)N(CC(C)C)C2=O)c1. The largest absolute Gasteiger partial charge is 0.497 e. The fraction of sp³-hybridized carbons (Fsp3) is 0.375. The Morgan fingerprint density at radius 1 is 1.17 bits per heavy atom. The number of nitrogens with zero attached hydrogens (tertiary/aromatic N) is 2. The molecule has 0 unspecified atom stereocenters. The Labute approximate surface area is 139 Å². The van der Waals surface area contributed by atoms with Crippen LogP contribution >= 0.6 is 0 Å². The van der Waals surface area contributed by atoms with Crippen LogP contribution in [0.5, 0.6) is 5.75 Å². The summed E-state index contributed by atoms with van der Waals surface area (Å²) in [6.45, 7) is 3.26. The van der Waals surface area contributed by atoms with Crippen LogP contribution in [0.4, 0.5) is 10.5 Å². The van der Waals surface area contributed by atoms with Gasteiger partial charge in [0.25, 0.3) is 0 Å². The van der Waals surface area contributed by atoms with Crippen molar-refractivity contribution in [3.05, 3.63) is 24.3 Å². The lowest BCUT2D eigenvalue weighted by Gasteiger charge is -2.16. The Morgan fingerprint density at radius 3 is 2.46 bits per heavy atom. The van der Waals surface area contributed by atoms with Gasteiger partial charge in [-0.15, -0.1) is 0 Å². The summed E-state index contributed by atoms with van der Waals surface area (Å²) in [5.74, 6) is -1.89. The summed E-state index contributed by atoms with van der Waals surface area (Å²) in [6, 6.07) is 5.88. The molecule has 2 rings (SSSR count). The van der Waals surface area contributed by atoms with Gasteiger partial charge in [-0.3, -0.25) is 19.3 Å². The quantitative estimate of drug-likeness (QED) is 0.621. The highest BCUT2D eigenvalue weighted by Gasteiger charge is 2.45. The van der Waals surface area contributed by atoms with Crippen molar-refractivity contribution in [1.29, 1.82) is 0 Å². The average Bonchev–Trinajstić information content (AvgIpc) is 2.72. The van der Waals surface area contributed by atoms with E-state index in [1.807, 2.05) is 13.8 Å². The summed E-state index contributed by atoms with van der Waals surface area (Å²) in [5, 5.41) is 2.56. The lowest BCUT2D eigenvalue weighted by molar-refractivity contribution is -0.143. The molecule has 0 aromatic heterocycles. The monoisotopic (exact) mass is 333 g/mol. The molecule has 0 atom stereocenters. The number of hydrogen-bond donors (Lipinski definition) is 1. The molecule has 0 saturated carbocycles. The number of carbonyl (C=O) groups is 4. The number of rotatable bonds is 6. The number of anilines is 1. The number of amides is 5. The zero-order valence-corrected chi connectivity index (χ0v) is 13.7. The van der Waals surface area contributed by atoms with Crippen LogP contribution in [0.25, 0.3) is 0 Å². The second-order valence-electron chi connectivity index (χ2n) is 5.76. The molecule has 0 bridgehead atoms. The van der Waals surface area contributed by atoms with Gasteiger partial charge in [0.2, 0.25) is 5.91 Å². The predicted molar refractivity (Wildman–Crippen MR) is 85.3 cm³/mol. The fourth-order valence-electron chi connectivity index (χ4n) is 2.26. The number of imide groups is 2. The van der Waals surface area contributed by atoms with E-state index in [-0.39, 0.29) is 12.5 Å². The second kappa shape index (κ2) is 7.12. The number of nitrogens with one attached hydrogen (secondary N) is 1. The Kier molecular flexibility index (Phi) is 5.18. The van der Waals surface area contributed by atoms with E-state index < -0.39 is 30.3 Å². The molecule has 0 radical (unpaired) electrons. The third kappa shape index (κ3) is 3.70. The predicted octanol–water partition coefficient (Wildman–Crippen LogP) is 1.08. The molecule has 0 spiro atoms. The highest BCUT2D eigenvalue weighted by molar-refractivity contribution is 6.45. The molecule has 1 N–H and O–H groups in total. The Bertz CT molecular complexity index is 686. The van der Waals surface area contributed by atoms with Gasteiger partial charge in [0.05, 0.1) is 7.11 Å². The maximum Gasteiger partial charge on any atom is 0.334 e. The molecule has 1 fully saturated rings. The van der Waals surface area contributed by atoms with Crippen LogP contribution in [0.15, 0.2) is 24.3 Å². The van der Waals surface area contributed by atoms with Gasteiger partial charge in [-0.25, -0.2) is 9.69 Å². The zero-order valence-electron chi connectivity index (χ0n) is 13.7. The fourth-order valence-corrected chi connectivity index (χ4v) is 2.26. The van der Waals surface area contributed by atoms with E-state index in [1.165, 1.54) is 7.11 Å². The minimum Gasteiger partial charge on any atom is -0.497 e. The van der Waals surface area contributed by atoms with Gasteiger partial charge in [-0.2, -0.15) is 0 Å². The summed E-state index contributed by atoms with van der Waals surface area (Å²) in [5.41, 5.74) is 0.462. The third-order valence-corrected chi connectivity index (χ3v) is 3.34. The summed E-state index contributed by atoms with van der Waals surface area (Å²) in [6.07, 6.45) is 0. The van der Waals surface area contributed by atoms with Crippen LogP contribution in [0.2, 0.25) is 0 Å². The average molecular weight is 333 g/mol. The van der Waals surface area contributed by atoms with Crippen LogP contribution < -0.4 is 10.1 Å². The summed E-state index contributed by atoms with van der Waals surface area (Å²) in [7, 11) is 1.50. The molecular formula is C16H19N3O5. The lowest BCUT2D eigenvalue weighted by Crippen LogP contribution is -2.39. The number of ether oxygens (including phenoxy) is 1. The number of methoxy groups -OCH3 is 1. The topological polar surface area (TPSA) is 96.0 Å². The van der Waals surface area contributed by atoms with Crippen molar-refractivity contribution in [2.75, 3.05) is 25.5 Å². The maximum absolute atomic E-state index is 12.2. The molecule has 24 heavy (non-hydrogen) atoms. The lowest BCUT2D eigenvalue weighted by atomic mass is 10.2. The Hall–Kier alpha value is -2.90. The molecule has 8 heteroatoms. The third-order valence-electron chi connectivity index (χ3n) is 3.34. The number of benzene rings is 1. The highest BCUT2D eigenvalue weighted by Crippen LogP contribution is 2.18. The normalized spacial score (nSPS) is 14.6. The summed E-state index contributed by atoms with van der Waals surface area (Å²) >= 11 is 0. The first-order valence-corrected chi connectivity index (χ1v) is 7.44. The smallest absolute Gasteiger partial charge is 0.334 e. The van der Waals surface area contributed by atoms with Crippen molar-refractivity contribution >= 4 is 29.4 Å². The van der Waals surface area contributed by atoms with Crippen LogP contribution in [0, 0.1) is 5.92 Å². The van der Waals surface area contributed by atoms with E-state index in [9.17, 15) is 19.2 Å². The van der Waals surface area contributed by atoms with E-state index in [4.69, 9.17) is 4.74 Å². The Morgan fingerprint density at radius 2 is 1.83 bits per heavy atom. The number of carbonyl (C=O) groups excluding carboxylic acids is 4. The van der Waals surface area contributed by atoms with Crippen LogP contribution in [0.3, 0.4) is 0 Å². The molecule has 0 aliphatic carbocycles. The van der Waals surface area contributed by atoms with Crippen molar-refractivity contribution in [2.24, 2.45) is 5.92 Å². The summed E-state index contributed by atoms with van der Waals surface area (Å²) in [4.78, 5) is 49.5. The van der Waals surface area contributed by atoms with Crippen molar-refractivity contribution in [3.63, 3.8) is 0 Å². The maximum atomic E-state index is 12.2. The van der Waals surface area contributed by atoms with Gasteiger partial charge in [-0.1, -0.05) is 19.9 Å². The van der Waals surface area contributed by atoms with E-state index in [0.717, 1.165) is 4.90 Å². The van der Waals surface area contributed by atoms with Gasteiger partial charge in [-0.05, 0) is 18.1 Å². The molecule has 1 saturated heterocycles. The molecule has 1 aliphatic rings. The minimum absolute atomic E-state index is 0.0243. The summed E-state index contributed by atoms with van der Waals surface area (Å²) < 4.78 is 5.05. The molecule has 5 amide bonds. The van der Waals surface area contributed by atoms with E-state index >= 15 is 0 Å². The molecular weight excluding hydrogens is 314 g/mol. The standard InChI is InChI=1S/C16H19N3O5/c1-10(2)8-18-14(21)15(22)19(16(18)23)9-13(20)17-11-5-4-6-12(7-11)24-3/h4-7,10H,8-9H2,1-3H3,(H,17,20). The van der Waals surface area contributed by atoms with Gasteiger partial charge in [0, 0.05) is 18.3 Å². The van der Waals surface area contributed by atoms with Crippen molar-refractivity contribution in [2.45, 2.75) is 13.8 Å². The molecule has 1 aromatic carbocycles. The highest BCUT2D eigenvalue weighted by atomic mass is 16.5. The molecule has 1 aromatic rings. The van der Waals surface area contributed by atoms with E-state index in [1.54, 1.807) is 24.3 Å². The van der Waals surface area contributed by atoms with Gasteiger partial charge < -0.3 is 10.1 Å². The van der Waals surface area contributed by atoms with Gasteiger partial charge in [0.1, 0.15) is 12.3 Å².